The average molecular weight is 957 g/mol. The van der Waals surface area contributed by atoms with Gasteiger partial charge in [0.1, 0.15) is 41.0 Å². The molecule has 20 heteroatoms. The topological polar surface area (TPSA) is 191 Å². The highest BCUT2D eigenvalue weighted by Gasteiger charge is 2.43. The highest BCUT2D eigenvalue weighted by atomic mass is 19.1. The van der Waals surface area contributed by atoms with Crippen molar-refractivity contribution in [2.75, 3.05) is 26.3 Å². The van der Waals surface area contributed by atoms with E-state index in [2.05, 4.69) is 10.6 Å². The monoisotopic (exact) mass is 956 g/mol. The molecule has 0 saturated heterocycles. The van der Waals surface area contributed by atoms with Crippen molar-refractivity contribution in [3.8, 4) is 11.5 Å². The largest absolute Gasteiger partial charge is 0.503 e. The van der Waals surface area contributed by atoms with Crippen LogP contribution in [0.5, 0.6) is 11.5 Å². The molecule has 5 aromatic rings. The Balaban J connectivity index is 0.000000190. The number of halogens is 4. The number of ether oxygens (including phenoxy) is 3. The predicted molar refractivity (Wildman–Crippen MR) is 239 cm³/mol. The fraction of sp³-hybridized carbons (Fsp3) is 0.347. The summed E-state index contributed by atoms with van der Waals surface area (Å²) in [6, 6.07) is 14.1. The first-order valence-electron chi connectivity index (χ1n) is 22.2. The summed E-state index contributed by atoms with van der Waals surface area (Å²) in [6.45, 7) is 7.91. The van der Waals surface area contributed by atoms with Gasteiger partial charge in [0.05, 0.1) is 49.9 Å². The molecule has 362 valence electrons. The van der Waals surface area contributed by atoms with E-state index in [1.807, 2.05) is 58.0 Å². The van der Waals surface area contributed by atoms with Gasteiger partial charge in [0.2, 0.25) is 10.9 Å². The van der Waals surface area contributed by atoms with Gasteiger partial charge in [0.15, 0.2) is 22.9 Å². The molecule has 69 heavy (non-hydrogen) atoms. The number of hydrogen-bond acceptors (Lipinski definition) is 10. The second-order valence-electron chi connectivity index (χ2n) is 17.5. The van der Waals surface area contributed by atoms with Crippen LogP contribution >= 0.6 is 0 Å². The minimum absolute atomic E-state index is 0.0143. The maximum absolute atomic E-state index is 14.1. The van der Waals surface area contributed by atoms with Gasteiger partial charge in [-0.15, -0.1) is 0 Å². The molecule has 4 aliphatic rings. The first-order valence-corrected chi connectivity index (χ1v) is 22.2. The maximum Gasteiger partial charge on any atom is 0.274 e. The smallest absolute Gasteiger partial charge is 0.274 e. The van der Waals surface area contributed by atoms with Crippen LogP contribution in [0.4, 0.5) is 17.6 Å². The van der Waals surface area contributed by atoms with E-state index in [0.29, 0.717) is 25.8 Å². The predicted octanol–water partition coefficient (Wildman–Crippen LogP) is 5.27. The van der Waals surface area contributed by atoms with Gasteiger partial charge in [0.25, 0.3) is 23.6 Å². The number of aromatic hydroxyl groups is 1. The van der Waals surface area contributed by atoms with Crippen molar-refractivity contribution in [3.05, 3.63) is 161 Å². The summed E-state index contributed by atoms with van der Waals surface area (Å²) in [7, 11) is 0. The Bertz CT molecular complexity index is 3000. The van der Waals surface area contributed by atoms with Gasteiger partial charge in [-0.05, 0) is 45.4 Å². The molecule has 4 amide bonds. The van der Waals surface area contributed by atoms with Crippen LogP contribution in [0.1, 0.15) is 110 Å². The number of benzene rings is 3. The lowest BCUT2D eigenvalue weighted by molar-refractivity contribution is 0.0187. The summed E-state index contributed by atoms with van der Waals surface area (Å²) < 4.78 is 74.9. The first kappa shape index (κ1) is 48.1. The second-order valence-corrected chi connectivity index (χ2v) is 17.5. The van der Waals surface area contributed by atoms with Crippen molar-refractivity contribution in [3.63, 3.8) is 0 Å². The molecule has 0 radical (unpaired) electrons. The molecule has 6 heterocycles. The molecule has 4 aliphatic heterocycles. The molecule has 0 aliphatic carbocycles. The highest BCUT2D eigenvalue weighted by molar-refractivity contribution is 6.01. The summed E-state index contributed by atoms with van der Waals surface area (Å²) in [5.41, 5.74) is -1.08. The molecule has 2 atom stereocenters. The zero-order valence-electron chi connectivity index (χ0n) is 37.9. The number of hydrogen-bond donors (Lipinski definition) is 3. The van der Waals surface area contributed by atoms with Crippen molar-refractivity contribution < 1.29 is 56.1 Å². The molecule has 16 nitrogen and oxygen atoms in total. The fourth-order valence-corrected chi connectivity index (χ4v) is 8.91. The van der Waals surface area contributed by atoms with Crippen LogP contribution in [0.2, 0.25) is 0 Å². The number of aromatic nitrogens is 2. The third-order valence-electron chi connectivity index (χ3n) is 12.4. The zero-order valence-corrected chi connectivity index (χ0v) is 37.9. The van der Waals surface area contributed by atoms with Crippen molar-refractivity contribution in [2.24, 2.45) is 0 Å². The lowest BCUT2D eigenvalue weighted by atomic mass is 10.0. The number of carbonyl (C=O) groups is 4. The van der Waals surface area contributed by atoms with Gasteiger partial charge in [-0.25, -0.2) is 17.6 Å². The summed E-state index contributed by atoms with van der Waals surface area (Å²) in [5.74, 6) is -6.63. The molecule has 0 fully saturated rings. The Hall–Kier alpha value is -7.32. The number of pyridine rings is 2. The average Bonchev–Trinajstić information content (AvgIpc) is 3.31. The highest BCUT2D eigenvalue weighted by Crippen LogP contribution is 2.36. The van der Waals surface area contributed by atoms with Crippen molar-refractivity contribution >= 4 is 23.6 Å². The maximum atomic E-state index is 14.1. The van der Waals surface area contributed by atoms with Crippen molar-refractivity contribution in [2.45, 2.75) is 84.8 Å². The number of carbonyl (C=O) groups excluding carboxylic acids is 4. The van der Waals surface area contributed by atoms with E-state index in [1.54, 1.807) is 9.47 Å². The Kier molecular flexibility index (Phi) is 13.8. The molecule has 3 N–H and O–H groups in total. The molecule has 9 rings (SSSR count). The molecular weight excluding hydrogens is 909 g/mol. The quantitative estimate of drug-likeness (QED) is 0.147. The van der Waals surface area contributed by atoms with E-state index in [9.17, 15) is 51.4 Å². The summed E-state index contributed by atoms with van der Waals surface area (Å²) >= 11 is 0. The van der Waals surface area contributed by atoms with Crippen LogP contribution in [0.15, 0.2) is 76.3 Å². The van der Waals surface area contributed by atoms with Crippen LogP contribution in [0.3, 0.4) is 0 Å². The summed E-state index contributed by atoms with van der Waals surface area (Å²) in [6.07, 6.45) is 0. The third kappa shape index (κ3) is 9.33. The first-order chi connectivity index (χ1) is 33.0. The van der Waals surface area contributed by atoms with Crippen LogP contribution < -0.4 is 26.2 Å². The molecule has 2 aromatic heterocycles. The minimum atomic E-state index is -0.999. The van der Waals surface area contributed by atoms with Gasteiger partial charge in [-0.1, -0.05) is 42.5 Å². The van der Waals surface area contributed by atoms with Gasteiger partial charge in [-0.3, -0.25) is 28.8 Å². The van der Waals surface area contributed by atoms with E-state index in [4.69, 9.17) is 14.2 Å². The third-order valence-corrected chi connectivity index (χ3v) is 12.4. The normalized spacial score (nSPS) is 17.0. The van der Waals surface area contributed by atoms with E-state index < -0.39 is 57.6 Å². The van der Waals surface area contributed by atoms with E-state index in [1.165, 1.54) is 21.6 Å². The Labute approximate surface area is 392 Å². The molecular formula is C49H48F4N6O10. The molecule has 3 aromatic carbocycles. The summed E-state index contributed by atoms with van der Waals surface area (Å²) in [5, 5.41) is 15.5. The number of nitrogens with one attached hydrogen (secondary N) is 2. The van der Waals surface area contributed by atoms with Crippen LogP contribution in [0.25, 0.3) is 0 Å². The van der Waals surface area contributed by atoms with Crippen LogP contribution in [-0.4, -0.2) is 86.1 Å². The molecule has 0 spiro atoms. The van der Waals surface area contributed by atoms with E-state index >= 15 is 0 Å². The van der Waals surface area contributed by atoms with Gasteiger partial charge < -0.3 is 48.9 Å². The van der Waals surface area contributed by atoms with Gasteiger partial charge >= 0.3 is 0 Å². The minimum Gasteiger partial charge on any atom is -0.503 e. The lowest BCUT2D eigenvalue weighted by Gasteiger charge is -2.42. The van der Waals surface area contributed by atoms with Crippen molar-refractivity contribution in [1.82, 2.24) is 29.6 Å². The Morgan fingerprint density at radius 3 is 1.62 bits per heavy atom. The number of rotatable bonds is 11. The van der Waals surface area contributed by atoms with Crippen molar-refractivity contribution in [1.29, 1.82) is 0 Å². The summed E-state index contributed by atoms with van der Waals surface area (Å²) in [4.78, 5) is 82.6. The van der Waals surface area contributed by atoms with Gasteiger partial charge in [-0.2, -0.15) is 0 Å². The zero-order chi connectivity index (χ0) is 49.4. The molecule has 0 unspecified atom stereocenters. The molecule has 0 bridgehead atoms. The molecule has 0 saturated carbocycles. The standard InChI is InChI=1S/C28H27F2N3O5.C21H21F2N3O5/c1-16(2)32-12-20-14-37-15-22-23(27(35)31-11-18-8-9-19(29)10-21(18)30)25(34)26(24(28(32)36)33(20)22)38-13-17-6-4-3-5-7-17;1-10(2)25-7-13-8-31-9-15-16(18(27)19(28)17(21(25)30)26(13)15)20(29)24-6-11-3-4-12(22)5-14(11)23/h3-10,16,20H,11-15H2,1-2H3,(H,31,35);3-5,10,13,28H,6-9H2,1-2H3,(H,24,29)/t20-;13-/m11/s1. The van der Waals surface area contributed by atoms with Crippen LogP contribution in [-0.2, 0) is 42.4 Å². The second kappa shape index (κ2) is 19.7. The number of amides is 4. The SMILES string of the molecule is CC(C)N1C[C@@H]2COCc3c(C(=O)NCc4ccc(F)cc4F)c(=O)c(O)c(n32)C1=O.CC(C)N1C[C@@H]2COCc3c(C(=O)NCc4ccc(F)cc4F)c(=O)c(OCc4ccccc4)c(n32)C1=O. The van der Waals surface area contributed by atoms with Crippen LogP contribution in [0, 0.1) is 23.3 Å². The van der Waals surface area contributed by atoms with E-state index in [0.717, 1.165) is 23.8 Å². The number of nitrogens with zero attached hydrogens (tertiary/aromatic N) is 4. The fourth-order valence-electron chi connectivity index (χ4n) is 8.91. The van der Waals surface area contributed by atoms with E-state index in [-0.39, 0.29) is 120 Å². The Morgan fingerprint density at radius 2 is 1.14 bits per heavy atom. The van der Waals surface area contributed by atoms with Gasteiger partial charge in [0, 0.05) is 61.5 Å². The Morgan fingerprint density at radius 1 is 0.681 bits per heavy atom. The lowest BCUT2D eigenvalue weighted by Crippen LogP contribution is -2.51.